The van der Waals surface area contributed by atoms with Crippen molar-refractivity contribution in [3.8, 4) is 17.1 Å². The molecule has 4 rings (SSSR count). The summed E-state index contributed by atoms with van der Waals surface area (Å²) in [5.41, 5.74) is 5.59. The van der Waals surface area contributed by atoms with Gasteiger partial charge in [0.1, 0.15) is 17.4 Å². The molecule has 0 aliphatic rings. The monoisotopic (exact) mass is 591 g/mol. The number of imidazole rings is 1. The van der Waals surface area contributed by atoms with Crippen LogP contribution in [-0.4, -0.2) is 28.3 Å². The van der Waals surface area contributed by atoms with E-state index in [1.54, 1.807) is 19.4 Å². The lowest BCUT2D eigenvalue weighted by Gasteiger charge is -2.11. The van der Waals surface area contributed by atoms with E-state index in [-0.39, 0.29) is 5.82 Å². The van der Waals surface area contributed by atoms with Gasteiger partial charge in [-0.15, -0.1) is 0 Å². The topological polar surface area (TPSA) is 67.9 Å². The number of fused-ring (bicyclic) bond motifs is 1. The second-order valence-electron chi connectivity index (χ2n) is 10.3. The number of ether oxygens (including phenoxy) is 1. The third kappa shape index (κ3) is 11.6. The number of para-hydroxylation sites is 1. The Labute approximate surface area is 259 Å². The average molecular weight is 592 g/mol. The minimum Gasteiger partial charge on any atom is -0.496 e. The summed E-state index contributed by atoms with van der Waals surface area (Å²) in [6, 6.07) is 12.2. The number of aromatic amines is 1. The van der Waals surface area contributed by atoms with Crippen molar-refractivity contribution in [2.24, 2.45) is 5.92 Å². The number of nitrogens with one attached hydrogen (secondary N) is 1. The van der Waals surface area contributed by atoms with Crippen molar-refractivity contribution in [2.45, 2.75) is 107 Å². The second-order valence-corrected chi connectivity index (χ2v) is 10.3. The number of aldehydes is 1. The molecule has 0 aliphatic carbocycles. The van der Waals surface area contributed by atoms with Crippen molar-refractivity contribution in [3.05, 3.63) is 77.0 Å². The number of hydrogen-bond donors (Lipinski definition) is 1. The number of methoxy groups -OCH3 is 1. The first kappa shape index (κ1) is 37.5. The van der Waals surface area contributed by atoms with Crippen LogP contribution in [0.1, 0.15) is 115 Å². The predicted octanol–water partition coefficient (Wildman–Crippen LogP) is 10.6. The summed E-state index contributed by atoms with van der Waals surface area (Å²) >= 11 is 0. The number of hydrogen-bond acceptors (Lipinski definition) is 4. The lowest BCUT2D eigenvalue weighted by atomic mass is 9.97. The predicted molar refractivity (Wildman–Crippen MR) is 181 cm³/mol. The van der Waals surface area contributed by atoms with Crippen LogP contribution in [0.3, 0.4) is 0 Å². The highest BCUT2D eigenvalue weighted by Crippen LogP contribution is 2.28. The number of H-pyrrole nitrogens is 1. The van der Waals surface area contributed by atoms with Gasteiger partial charge in [0.2, 0.25) is 0 Å². The van der Waals surface area contributed by atoms with Gasteiger partial charge in [0, 0.05) is 28.5 Å². The summed E-state index contributed by atoms with van der Waals surface area (Å²) in [6.45, 7) is 17.1. The first-order valence-electron chi connectivity index (χ1n) is 16.1. The van der Waals surface area contributed by atoms with Gasteiger partial charge in [-0.3, -0.25) is 9.78 Å². The number of carbonyl (C=O) groups is 1. The SMILES string of the molecule is CC.CCCC(C)CCC.CCCc1nc2ccccc2c(C=O)c1CC.CCc1cnc(-c2cc(F)ccc2OC)[nH]1. The smallest absolute Gasteiger partial charge is 0.151 e. The van der Waals surface area contributed by atoms with Crippen molar-refractivity contribution in [1.82, 2.24) is 15.0 Å². The fourth-order valence-corrected chi connectivity index (χ4v) is 4.97. The number of aryl methyl sites for hydroxylation is 2. The van der Waals surface area contributed by atoms with Crippen LogP contribution in [0.5, 0.6) is 5.75 Å². The lowest BCUT2D eigenvalue weighted by Crippen LogP contribution is -2.03. The zero-order valence-electron chi connectivity index (χ0n) is 28.0. The second kappa shape index (κ2) is 21.2. The number of halogens is 1. The maximum atomic E-state index is 13.2. The first-order chi connectivity index (χ1) is 20.9. The summed E-state index contributed by atoms with van der Waals surface area (Å²) in [5.74, 6) is 1.90. The highest BCUT2D eigenvalue weighted by Gasteiger charge is 2.12. The molecular weight excluding hydrogens is 537 g/mol. The molecular formula is C37H54FN3O2. The molecule has 0 aliphatic heterocycles. The molecule has 4 aromatic rings. The zero-order chi connectivity index (χ0) is 32.2. The van der Waals surface area contributed by atoms with Gasteiger partial charge >= 0.3 is 0 Å². The van der Waals surface area contributed by atoms with Crippen LogP contribution in [0.2, 0.25) is 0 Å². The number of pyridine rings is 1. The van der Waals surface area contributed by atoms with E-state index in [2.05, 4.69) is 49.6 Å². The van der Waals surface area contributed by atoms with Crippen molar-refractivity contribution in [2.75, 3.05) is 7.11 Å². The van der Waals surface area contributed by atoms with Crippen molar-refractivity contribution >= 4 is 17.2 Å². The zero-order valence-corrected chi connectivity index (χ0v) is 28.0. The standard InChI is InChI=1S/C15H17NO.C12H13FN2O.C8H18.C2H6/c1-3-7-14-11(4-2)13(10-17)12-8-5-6-9-15(12)16-14;1-3-9-7-14-12(15-9)10-6-8(13)4-5-11(10)16-2;1-4-6-8(3)7-5-2;1-2/h5-6,8-10H,3-4,7H2,1-2H3;4-7H,3H2,1-2H3,(H,14,15);8H,4-7H2,1-3H3;1-2H3. The van der Waals surface area contributed by atoms with Gasteiger partial charge in [-0.05, 0) is 55.0 Å². The molecule has 0 atom stereocenters. The van der Waals surface area contributed by atoms with Crippen LogP contribution >= 0.6 is 0 Å². The highest BCUT2D eigenvalue weighted by atomic mass is 19.1. The molecule has 6 heteroatoms. The molecule has 0 radical (unpaired) electrons. The molecule has 0 unspecified atom stereocenters. The van der Waals surface area contributed by atoms with Gasteiger partial charge in [-0.1, -0.05) is 106 Å². The van der Waals surface area contributed by atoms with E-state index in [1.807, 2.05) is 45.0 Å². The van der Waals surface area contributed by atoms with E-state index in [4.69, 9.17) is 4.74 Å². The van der Waals surface area contributed by atoms with Gasteiger partial charge in [0.15, 0.2) is 6.29 Å². The Bertz CT molecular complexity index is 1340. The molecule has 0 bridgehead atoms. The van der Waals surface area contributed by atoms with Crippen molar-refractivity contribution < 1.29 is 13.9 Å². The average Bonchev–Trinajstić information content (AvgIpc) is 3.52. The quantitative estimate of drug-likeness (QED) is 0.176. The summed E-state index contributed by atoms with van der Waals surface area (Å²) in [5, 5.41) is 0.971. The van der Waals surface area contributed by atoms with E-state index >= 15 is 0 Å². The summed E-state index contributed by atoms with van der Waals surface area (Å²) in [4.78, 5) is 23.3. The van der Waals surface area contributed by atoms with E-state index in [1.165, 1.54) is 37.8 Å². The Morgan fingerprint density at radius 3 is 2.16 bits per heavy atom. The van der Waals surface area contributed by atoms with Crippen LogP contribution in [-0.2, 0) is 19.3 Å². The molecule has 0 saturated heterocycles. The molecule has 2 aromatic heterocycles. The Morgan fingerprint density at radius 1 is 0.953 bits per heavy atom. The molecule has 2 aromatic carbocycles. The molecule has 0 fully saturated rings. The van der Waals surface area contributed by atoms with Gasteiger partial charge < -0.3 is 9.72 Å². The Kier molecular flexibility index (Phi) is 18.5. The fraction of sp³-hybridized carbons (Fsp3) is 0.486. The molecule has 0 amide bonds. The minimum atomic E-state index is -0.301. The maximum absolute atomic E-state index is 13.2. The number of nitrogens with zero attached hydrogens (tertiary/aromatic N) is 2. The van der Waals surface area contributed by atoms with Gasteiger partial charge in [-0.25, -0.2) is 9.37 Å². The molecule has 5 nitrogen and oxygen atoms in total. The largest absolute Gasteiger partial charge is 0.496 e. The molecule has 43 heavy (non-hydrogen) atoms. The highest BCUT2D eigenvalue weighted by molar-refractivity contribution is 5.98. The lowest BCUT2D eigenvalue weighted by molar-refractivity contribution is 0.112. The number of aromatic nitrogens is 3. The molecule has 236 valence electrons. The molecule has 0 saturated carbocycles. The van der Waals surface area contributed by atoms with Gasteiger partial charge in [-0.2, -0.15) is 0 Å². The molecule has 0 spiro atoms. The normalized spacial score (nSPS) is 10.2. The van der Waals surface area contributed by atoms with Crippen molar-refractivity contribution in [1.29, 1.82) is 0 Å². The van der Waals surface area contributed by atoms with Crippen LogP contribution in [0.4, 0.5) is 4.39 Å². The van der Waals surface area contributed by atoms with E-state index < -0.39 is 0 Å². The summed E-state index contributed by atoms with van der Waals surface area (Å²) in [7, 11) is 1.56. The van der Waals surface area contributed by atoms with E-state index in [0.29, 0.717) is 17.1 Å². The van der Waals surface area contributed by atoms with E-state index in [9.17, 15) is 9.18 Å². The fourth-order valence-electron chi connectivity index (χ4n) is 4.97. The van der Waals surface area contributed by atoms with Crippen LogP contribution < -0.4 is 4.74 Å². The maximum Gasteiger partial charge on any atom is 0.151 e. The van der Waals surface area contributed by atoms with Gasteiger partial charge in [0.05, 0.1) is 18.2 Å². The minimum absolute atomic E-state index is 0.301. The number of carbonyl (C=O) groups excluding carboxylic acids is 1. The Balaban J connectivity index is 0.000000332. The van der Waals surface area contributed by atoms with Gasteiger partial charge in [0.25, 0.3) is 0 Å². The van der Waals surface area contributed by atoms with Crippen molar-refractivity contribution in [3.63, 3.8) is 0 Å². The molecule has 2 heterocycles. The van der Waals surface area contributed by atoms with Crippen LogP contribution in [0, 0.1) is 11.7 Å². The Morgan fingerprint density at radius 2 is 1.63 bits per heavy atom. The summed E-state index contributed by atoms with van der Waals surface area (Å²) in [6.07, 6.45) is 12.0. The first-order valence-corrected chi connectivity index (χ1v) is 16.1. The third-order valence-electron chi connectivity index (χ3n) is 7.07. The molecule has 1 N–H and O–H groups in total. The van der Waals surface area contributed by atoms with Crippen LogP contribution in [0.25, 0.3) is 22.3 Å². The third-order valence-corrected chi connectivity index (χ3v) is 7.07. The number of rotatable bonds is 11. The summed E-state index contributed by atoms with van der Waals surface area (Å²) < 4.78 is 18.3. The number of benzene rings is 2. The van der Waals surface area contributed by atoms with E-state index in [0.717, 1.165) is 71.3 Å². The van der Waals surface area contributed by atoms with Crippen LogP contribution in [0.15, 0.2) is 48.7 Å². The Hall–Kier alpha value is -3.54.